The Morgan fingerprint density at radius 1 is 1.67 bits per heavy atom. The Kier molecular flexibility index (Phi) is 2.59. The SMILES string of the molecule is CN1CCN(c2ncco2)CC1C(=O)O. The minimum atomic E-state index is -0.811. The third-order valence-electron chi connectivity index (χ3n) is 2.62. The molecule has 0 radical (unpaired) electrons. The van der Waals surface area contributed by atoms with Crippen molar-refractivity contribution in [3.05, 3.63) is 12.5 Å². The molecule has 1 aliphatic rings. The summed E-state index contributed by atoms with van der Waals surface area (Å²) < 4.78 is 5.14. The van der Waals surface area contributed by atoms with Gasteiger partial charge < -0.3 is 14.4 Å². The number of carboxylic acid groups (broad SMARTS) is 1. The van der Waals surface area contributed by atoms with Crippen molar-refractivity contribution in [3.8, 4) is 0 Å². The Labute approximate surface area is 87.1 Å². The van der Waals surface area contributed by atoms with Crippen LogP contribution in [0.2, 0.25) is 0 Å². The van der Waals surface area contributed by atoms with Crippen molar-refractivity contribution in [1.82, 2.24) is 9.88 Å². The first kappa shape index (κ1) is 9.97. The van der Waals surface area contributed by atoms with E-state index in [0.717, 1.165) is 6.54 Å². The monoisotopic (exact) mass is 211 g/mol. The number of carbonyl (C=O) groups is 1. The fraction of sp³-hybridized carbons (Fsp3) is 0.556. The van der Waals surface area contributed by atoms with Crippen molar-refractivity contribution in [2.45, 2.75) is 6.04 Å². The van der Waals surface area contributed by atoms with E-state index in [-0.39, 0.29) is 0 Å². The molecule has 15 heavy (non-hydrogen) atoms. The van der Waals surface area contributed by atoms with Crippen LogP contribution in [0.4, 0.5) is 6.01 Å². The van der Waals surface area contributed by atoms with Gasteiger partial charge in [0.05, 0.1) is 6.20 Å². The van der Waals surface area contributed by atoms with Crippen LogP contribution in [0.3, 0.4) is 0 Å². The number of aromatic nitrogens is 1. The third kappa shape index (κ3) is 1.94. The number of rotatable bonds is 2. The number of hydrogen-bond donors (Lipinski definition) is 1. The minimum absolute atomic E-state index is 0.409. The summed E-state index contributed by atoms with van der Waals surface area (Å²) in [4.78, 5) is 18.6. The number of aliphatic carboxylic acids is 1. The van der Waals surface area contributed by atoms with Crippen LogP contribution in [-0.2, 0) is 4.79 Å². The van der Waals surface area contributed by atoms with Crippen LogP contribution in [0.5, 0.6) is 0 Å². The maximum atomic E-state index is 11.0. The molecule has 2 rings (SSSR count). The van der Waals surface area contributed by atoms with E-state index >= 15 is 0 Å². The van der Waals surface area contributed by atoms with E-state index in [1.807, 2.05) is 16.8 Å². The molecule has 0 bridgehead atoms. The van der Waals surface area contributed by atoms with Gasteiger partial charge in [0.25, 0.3) is 6.01 Å². The second-order valence-electron chi connectivity index (χ2n) is 3.60. The van der Waals surface area contributed by atoms with Crippen LogP contribution in [0.25, 0.3) is 0 Å². The van der Waals surface area contributed by atoms with Gasteiger partial charge in [-0.25, -0.2) is 4.98 Å². The van der Waals surface area contributed by atoms with E-state index in [1.165, 1.54) is 6.26 Å². The highest BCUT2D eigenvalue weighted by molar-refractivity contribution is 5.74. The number of nitrogens with zero attached hydrogens (tertiary/aromatic N) is 3. The fourth-order valence-corrected chi connectivity index (χ4v) is 1.69. The summed E-state index contributed by atoms with van der Waals surface area (Å²) in [5, 5.41) is 9.00. The van der Waals surface area contributed by atoms with Crippen molar-refractivity contribution >= 4 is 12.0 Å². The highest BCUT2D eigenvalue weighted by Gasteiger charge is 2.31. The molecule has 1 unspecified atom stereocenters. The van der Waals surface area contributed by atoms with Gasteiger partial charge in [0.1, 0.15) is 12.3 Å². The number of carboxylic acids is 1. The lowest BCUT2D eigenvalue weighted by Crippen LogP contribution is -2.55. The van der Waals surface area contributed by atoms with Gasteiger partial charge in [0.15, 0.2) is 0 Å². The normalized spacial score (nSPS) is 23.0. The molecule has 1 aliphatic heterocycles. The maximum Gasteiger partial charge on any atom is 0.322 e. The lowest BCUT2D eigenvalue weighted by Gasteiger charge is -2.36. The van der Waals surface area contributed by atoms with Crippen molar-refractivity contribution in [2.75, 3.05) is 31.6 Å². The molecule has 0 amide bonds. The van der Waals surface area contributed by atoms with E-state index in [0.29, 0.717) is 19.1 Å². The van der Waals surface area contributed by atoms with Crippen LogP contribution in [0.1, 0.15) is 0 Å². The highest BCUT2D eigenvalue weighted by Crippen LogP contribution is 2.15. The van der Waals surface area contributed by atoms with Crippen LogP contribution < -0.4 is 4.90 Å². The van der Waals surface area contributed by atoms with Gasteiger partial charge in [0.2, 0.25) is 0 Å². The standard InChI is InChI=1S/C9H13N3O3/c1-11-3-4-12(6-7(11)8(13)14)9-10-2-5-15-9/h2,5,7H,3-4,6H2,1H3,(H,13,14). The molecule has 6 heteroatoms. The number of anilines is 1. The lowest BCUT2D eigenvalue weighted by molar-refractivity contribution is -0.142. The van der Waals surface area contributed by atoms with Crippen LogP contribution >= 0.6 is 0 Å². The molecule has 82 valence electrons. The molecule has 6 nitrogen and oxygen atoms in total. The smallest absolute Gasteiger partial charge is 0.322 e. The van der Waals surface area contributed by atoms with Crippen molar-refractivity contribution < 1.29 is 14.3 Å². The van der Waals surface area contributed by atoms with E-state index in [9.17, 15) is 4.79 Å². The van der Waals surface area contributed by atoms with E-state index in [1.54, 1.807) is 6.20 Å². The van der Waals surface area contributed by atoms with E-state index in [4.69, 9.17) is 9.52 Å². The molecule has 1 atom stereocenters. The molecule has 1 fully saturated rings. The Hall–Kier alpha value is -1.56. The Balaban J connectivity index is 2.09. The number of oxazole rings is 1. The van der Waals surface area contributed by atoms with Gasteiger partial charge in [-0.05, 0) is 7.05 Å². The Morgan fingerprint density at radius 2 is 2.47 bits per heavy atom. The maximum absolute atomic E-state index is 11.0. The van der Waals surface area contributed by atoms with Crippen LogP contribution in [-0.4, -0.2) is 53.7 Å². The van der Waals surface area contributed by atoms with Crippen molar-refractivity contribution in [1.29, 1.82) is 0 Å². The van der Waals surface area contributed by atoms with Gasteiger partial charge in [-0.3, -0.25) is 9.69 Å². The van der Waals surface area contributed by atoms with Gasteiger partial charge >= 0.3 is 5.97 Å². The summed E-state index contributed by atoms with van der Waals surface area (Å²) >= 11 is 0. The topological polar surface area (TPSA) is 69.8 Å². The summed E-state index contributed by atoms with van der Waals surface area (Å²) in [6.07, 6.45) is 3.05. The highest BCUT2D eigenvalue weighted by atomic mass is 16.4. The predicted molar refractivity (Wildman–Crippen MR) is 52.8 cm³/mol. The molecular formula is C9H13N3O3. The van der Waals surface area contributed by atoms with E-state index < -0.39 is 12.0 Å². The zero-order valence-corrected chi connectivity index (χ0v) is 8.46. The molecule has 2 heterocycles. The second kappa shape index (κ2) is 3.90. The Bertz CT molecular complexity index is 338. The average molecular weight is 211 g/mol. The van der Waals surface area contributed by atoms with Crippen LogP contribution in [0.15, 0.2) is 16.9 Å². The van der Waals surface area contributed by atoms with E-state index in [2.05, 4.69) is 4.98 Å². The zero-order chi connectivity index (χ0) is 10.8. The number of hydrogen-bond acceptors (Lipinski definition) is 5. The first-order chi connectivity index (χ1) is 7.18. The summed E-state index contributed by atoms with van der Waals surface area (Å²) in [6, 6.07) is -0.000000000000000222. The Morgan fingerprint density at radius 3 is 3.07 bits per heavy atom. The quantitative estimate of drug-likeness (QED) is 0.735. The fourth-order valence-electron chi connectivity index (χ4n) is 1.69. The van der Waals surface area contributed by atoms with Crippen molar-refractivity contribution in [3.63, 3.8) is 0 Å². The minimum Gasteiger partial charge on any atom is -0.480 e. The van der Waals surface area contributed by atoms with Crippen molar-refractivity contribution in [2.24, 2.45) is 0 Å². The number of piperazine rings is 1. The summed E-state index contributed by atoms with van der Waals surface area (Å²) in [6.45, 7) is 1.84. The molecule has 1 aromatic heterocycles. The van der Waals surface area contributed by atoms with Crippen LogP contribution in [0, 0.1) is 0 Å². The predicted octanol–water partition coefficient (Wildman–Crippen LogP) is -0.120. The average Bonchev–Trinajstić information content (AvgIpc) is 2.71. The lowest BCUT2D eigenvalue weighted by atomic mass is 10.2. The molecule has 0 spiro atoms. The summed E-state index contributed by atoms with van der Waals surface area (Å²) in [5.41, 5.74) is 0. The van der Waals surface area contributed by atoms with Gasteiger partial charge in [-0.2, -0.15) is 0 Å². The molecular weight excluding hydrogens is 198 g/mol. The third-order valence-corrected chi connectivity index (χ3v) is 2.62. The van der Waals surface area contributed by atoms with Gasteiger partial charge in [0, 0.05) is 19.6 Å². The molecule has 0 aromatic carbocycles. The van der Waals surface area contributed by atoms with Gasteiger partial charge in [-0.1, -0.05) is 0 Å². The number of likely N-dealkylation sites (N-methyl/N-ethyl adjacent to an activating group) is 1. The molecule has 1 aromatic rings. The largest absolute Gasteiger partial charge is 0.480 e. The first-order valence-electron chi connectivity index (χ1n) is 4.76. The second-order valence-corrected chi connectivity index (χ2v) is 3.60. The molecule has 1 N–H and O–H groups in total. The molecule has 0 aliphatic carbocycles. The van der Waals surface area contributed by atoms with Gasteiger partial charge in [-0.15, -0.1) is 0 Å². The first-order valence-corrected chi connectivity index (χ1v) is 4.76. The summed E-state index contributed by atoms with van der Waals surface area (Å²) in [5.74, 6) is -0.811. The zero-order valence-electron chi connectivity index (χ0n) is 8.46. The summed E-state index contributed by atoms with van der Waals surface area (Å²) in [7, 11) is 1.81. The molecule has 0 saturated carbocycles. The molecule has 1 saturated heterocycles.